The number of nitrogens with zero attached hydrogens (tertiary/aromatic N) is 2. The topological polar surface area (TPSA) is 41.9 Å². The van der Waals surface area contributed by atoms with E-state index in [4.69, 9.17) is 4.74 Å². The minimum atomic E-state index is -2.61. The number of rotatable bonds is 3. The molecule has 0 amide bonds. The molecule has 1 unspecified atom stereocenters. The van der Waals surface area contributed by atoms with E-state index in [0.29, 0.717) is 26.3 Å². The Bertz CT molecular complexity index is 656. The third-order valence-electron chi connectivity index (χ3n) is 3.11. The first-order chi connectivity index (χ1) is 9.79. The van der Waals surface area contributed by atoms with Crippen LogP contribution in [-0.4, -0.2) is 34.8 Å². The molecular weight excluding hydrogens is 292 g/mol. The molecule has 1 fully saturated rings. The van der Waals surface area contributed by atoms with Crippen molar-refractivity contribution in [3.05, 3.63) is 47.2 Å². The summed E-state index contributed by atoms with van der Waals surface area (Å²) in [5, 5.41) is 3.87. The Morgan fingerprint density at radius 1 is 1.15 bits per heavy atom. The first-order valence-corrected chi connectivity index (χ1v) is 8.88. The van der Waals surface area contributed by atoms with E-state index in [1.807, 2.05) is 51.5 Å². The summed E-state index contributed by atoms with van der Waals surface area (Å²) in [6, 6.07) is 11.4. The highest BCUT2D eigenvalue weighted by Gasteiger charge is 2.24. The summed E-state index contributed by atoms with van der Waals surface area (Å²) in [5.74, 6) is 0. The minimum absolute atomic E-state index is 0.600. The van der Waals surface area contributed by atoms with E-state index in [2.05, 4.69) is 4.36 Å². The fourth-order valence-electron chi connectivity index (χ4n) is 2.10. The van der Waals surface area contributed by atoms with Crippen molar-refractivity contribution in [2.45, 2.75) is 4.90 Å². The van der Waals surface area contributed by atoms with Gasteiger partial charge in [-0.15, -0.1) is 0 Å². The van der Waals surface area contributed by atoms with Gasteiger partial charge in [-0.2, -0.15) is 15.7 Å². The van der Waals surface area contributed by atoms with Gasteiger partial charge in [0.15, 0.2) is 0 Å². The van der Waals surface area contributed by atoms with Crippen molar-refractivity contribution in [2.24, 2.45) is 4.36 Å². The summed E-state index contributed by atoms with van der Waals surface area (Å²) in [6.45, 7) is 2.48. The second-order valence-corrected chi connectivity index (χ2v) is 7.37. The van der Waals surface area contributed by atoms with Crippen LogP contribution in [0.1, 0.15) is 0 Å². The molecule has 0 radical (unpaired) electrons. The molecule has 0 bridgehead atoms. The summed E-state index contributed by atoms with van der Waals surface area (Å²) in [4.78, 5) is 0.758. The first-order valence-electron chi connectivity index (χ1n) is 6.46. The number of benzene rings is 1. The number of hydrogen-bond donors (Lipinski definition) is 0. The van der Waals surface area contributed by atoms with E-state index >= 15 is 0 Å². The molecule has 0 saturated carbocycles. The van der Waals surface area contributed by atoms with E-state index in [1.165, 1.54) is 0 Å². The Morgan fingerprint density at radius 3 is 2.55 bits per heavy atom. The molecule has 6 heteroatoms. The number of hydrogen-bond acceptors (Lipinski definition) is 4. The second-order valence-electron chi connectivity index (χ2n) is 4.42. The van der Waals surface area contributed by atoms with Crippen LogP contribution < -0.4 is 0 Å². The van der Waals surface area contributed by atoms with Crippen molar-refractivity contribution in [3.63, 3.8) is 0 Å². The highest BCUT2D eigenvalue weighted by atomic mass is 32.2. The monoisotopic (exact) mass is 308 g/mol. The predicted octanol–water partition coefficient (Wildman–Crippen LogP) is 3.15. The highest BCUT2D eigenvalue weighted by Crippen LogP contribution is 2.26. The van der Waals surface area contributed by atoms with E-state index in [1.54, 1.807) is 11.3 Å². The van der Waals surface area contributed by atoms with Crippen LogP contribution in [0.25, 0.3) is 0 Å². The molecule has 0 spiro atoms. The van der Waals surface area contributed by atoms with Crippen LogP contribution in [0.5, 0.6) is 0 Å². The normalized spacial score (nSPS) is 19.4. The van der Waals surface area contributed by atoms with Crippen LogP contribution in [0.15, 0.2) is 56.4 Å². The molecule has 4 nitrogen and oxygen atoms in total. The molecule has 0 aliphatic carbocycles. The van der Waals surface area contributed by atoms with Gasteiger partial charge in [0.05, 0.1) is 23.8 Å². The average Bonchev–Trinajstić information content (AvgIpc) is 3.02. The van der Waals surface area contributed by atoms with Gasteiger partial charge in [0.2, 0.25) is 0 Å². The van der Waals surface area contributed by atoms with Gasteiger partial charge in [-0.05, 0) is 23.6 Å². The van der Waals surface area contributed by atoms with E-state index in [0.717, 1.165) is 10.6 Å². The van der Waals surface area contributed by atoms with Gasteiger partial charge in [0.25, 0.3) is 0 Å². The molecular formula is C14H16N2O2S2. The maximum Gasteiger partial charge on any atom is 0.144 e. The lowest BCUT2D eigenvalue weighted by atomic mass is 10.4. The Kier molecular flexibility index (Phi) is 4.16. The van der Waals surface area contributed by atoms with Gasteiger partial charge in [0.1, 0.15) is 9.92 Å². The number of ether oxygens (including phenoxy) is 1. The smallest absolute Gasteiger partial charge is 0.144 e. The zero-order chi connectivity index (χ0) is 13.8. The van der Waals surface area contributed by atoms with Crippen LogP contribution in [0.3, 0.4) is 0 Å². The Labute approximate surface area is 123 Å². The van der Waals surface area contributed by atoms with Gasteiger partial charge < -0.3 is 4.74 Å². The van der Waals surface area contributed by atoms with Crippen LogP contribution in [-0.2, 0) is 14.7 Å². The van der Waals surface area contributed by atoms with E-state index in [-0.39, 0.29) is 0 Å². The molecule has 3 rings (SSSR count). The molecule has 1 aromatic heterocycles. The van der Waals surface area contributed by atoms with Crippen molar-refractivity contribution in [2.75, 3.05) is 26.3 Å². The lowest BCUT2D eigenvalue weighted by Gasteiger charge is -2.29. The van der Waals surface area contributed by atoms with Gasteiger partial charge in [-0.25, -0.2) is 8.51 Å². The largest absolute Gasteiger partial charge is 0.379 e. The fourth-order valence-corrected chi connectivity index (χ4v) is 4.81. The maximum absolute atomic E-state index is 13.5. The summed E-state index contributed by atoms with van der Waals surface area (Å²) in [7, 11) is -2.61. The molecule has 2 heterocycles. The molecule has 20 heavy (non-hydrogen) atoms. The summed E-state index contributed by atoms with van der Waals surface area (Å²) >= 11 is 1.56. The van der Waals surface area contributed by atoms with Crippen molar-refractivity contribution in [1.82, 2.24) is 4.31 Å². The average molecular weight is 308 g/mol. The van der Waals surface area contributed by atoms with E-state index in [9.17, 15) is 4.21 Å². The predicted molar refractivity (Wildman–Crippen MR) is 81.6 cm³/mol. The van der Waals surface area contributed by atoms with Crippen LogP contribution in [0.4, 0.5) is 5.69 Å². The Balaban J connectivity index is 2.10. The van der Waals surface area contributed by atoms with Crippen LogP contribution in [0.2, 0.25) is 0 Å². The maximum atomic E-state index is 13.5. The summed E-state index contributed by atoms with van der Waals surface area (Å²) < 4.78 is 25.4. The van der Waals surface area contributed by atoms with E-state index < -0.39 is 9.92 Å². The van der Waals surface area contributed by atoms with Crippen LogP contribution >= 0.6 is 11.3 Å². The molecule has 1 aliphatic rings. The number of morpholine rings is 1. The zero-order valence-electron chi connectivity index (χ0n) is 11.0. The molecule has 1 aliphatic heterocycles. The zero-order valence-corrected chi connectivity index (χ0v) is 12.6. The standard InChI is InChI=1S/C14H16N2O2S2/c17-20(14-4-2-1-3-5-14,15-13-6-11-19-12-13)16-7-9-18-10-8-16/h1-6,11-12H,7-10H2. The molecule has 2 aromatic rings. The third-order valence-corrected chi connectivity index (χ3v) is 6.19. The van der Waals surface area contributed by atoms with Crippen LogP contribution in [0, 0.1) is 0 Å². The minimum Gasteiger partial charge on any atom is -0.379 e. The van der Waals surface area contributed by atoms with Gasteiger partial charge in [-0.1, -0.05) is 18.2 Å². The Hall–Kier alpha value is -1.21. The molecule has 106 valence electrons. The van der Waals surface area contributed by atoms with Crippen molar-refractivity contribution in [1.29, 1.82) is 0 Å². The van der Waals surface area contributed by atoms with Gasteiger partial charge in [0, 0.05) is 18.5 Å². The molecule has 0 N–H and O–H groups in total. The molecule has 1 atom stereocenters. The lowest BCUT2D eigenvalue weighted by Crippen LogP contribution is -2.40. The lowest BCUT2D eigenvalue weighted by molar-refractivity contribution is 0.0745. The first kappa shape index (κ1) is 13.8. The molecule has 1 aromatic carbocycles. The van der Waals surface area contributed by atoms with Crippen molar-refractivity contribution >= 4 is 26.9 Å². The second kappa shape index (κ2) is 6.05. The summed E-state index contributed by atoms with van der Waals surface area (Å²) in [6.07, 6.45) is 0. The third kappa shape index (κ3) is 2.78. The summed E-state index contributed by atoms with van der Waals surface area (Å²) in [5.41, 5.74) is 0.773. The van der Waals surface area contributed by atoms with Gasteiger partial charge >= 0.3 is 0 Å². The van der Waals surface area contributed by atoms with Crippen molar-refractivity contribution < 1.29 is 8.95 Å². The SMILES string of the molecule is O=S(=Nc1ccsc1)(c1ccccc1)N1CCOCC1. The van der Waals surface area contributed by atoms with Gasteiger partial charge in [-0.3, -0.25) is 0 Å². The highest BCUT2D eigenvalue weighted by molar-refractivity contribution is 7.91. The quantitative estimate of drug-likeness (QED) is 0.874. The Morgan fingerprint density at radius 2 is 1.90 bits per heavy atom. The fraction of sp³-hybridized carbons (Fsp3) is 0.286. The number of thiophene rings is 1. The van der Waals surface area contributed by atoms with Crippen molar-refractivity contribution in [3.8, 4) is 0 Å². The molecule has 1 saturated heterocycles.